The number of aliphatic hydroxyl groups is 3. The van der Waals surface area contributed by atoms with Gasteiger partial charge in [-0.15, -0.1) is 0 Å². The summed E-state index contributed by atoms with van der Waals surface area (Å²) >= 11 is 0. The van der Waals surface area contributed by atoms with Crippen molar-refractivity contribution >= 4 is 51.3 Å². The van der Waals surface area contributed by atoms with E-state index in [4.69, 9.17) is 24.6 Å². The van der Waals surface area contributed by atoms with Crippen LogP contribution in [0.1, 0.15) is 98.6 Å². The van der Waals surface area contributed by atoms with Crippen LogP contribution in [0.5, 0.6) is 17.2 Å². The summed E-state index contributed by atoms with van der Waals surface area (Å²) in [5.41, 5.74) is -0.0870. The van der Waals surface area contributed by atoms with Crippen molar-refractivity contribution in [1.82, 2.24) is 5.32 Å². The smallest absolute Gasteiger partial charge is 0.312 e. The maximum absolute atomic E-state index is 15.2. The number of ether oxygens (including phenoxy) is 2. The van der Waals surface area contributed by atoms with E-state index >= 15 is 4.39 Å². The van der Waals surface area contributed by atoms with Gasteiger partial charge in [0.2, 0.25) is 5.91 Å². The summed E-state index contributed by atoms with van der Waals surface area (Å²) in [7, 11) is 1.00. The largest absolute Gasteiger partial charge is 0.507 e. The lowest BCUT2D eigenvalue weighted by Crippen LogP contribution is -2.46. The maximum atomic E-state index is 15.2. The summed E-state index contributed by atoms with van der Waals surface area (Å²) in [6.45, 7) is 10.6. The zero-order chi connectivity index (χ0) is 57.8. The fourth-order valence-corrected chi connectivity index (χ4v) is 10.6. The molecule has 422 valence electrons. The second-order valence-electron chi connectivity index (χ2n) is 21.1. The quantitative estimate of drug-likeness (QED) is 0.0729. The average molecular weight is 1100 g/mol. The van der Waals surface area contributed by atoms with Crippen LogP contribution in [0.2, 0.25) is 0 Å². The first-order valence-electron chi connectivity index (χ1n) is 26.7. The van der Waals surface area contributed by atoms with Crippen LogP contribution in [-0.2, 0) is 20.7 Å². The number of halogens is 2. The van der Waals surface area contributed by atoms with Crippen LogP contribution < -0.4 is 36.3 Å². The SMILES string of the molecule is C/C1=C/C=C/C(C)CCC(O)[C@@H](C)C(O)C(C)C/C=C/O[C@]2(C)Oc3c(C)c(O)c4c(O)c(c5c(c4c3C2=O)=NC2(CCN(c3ccc(F)cc3NC(=O)C(Cc3ccccc3)NC(=O)c3ccccc3F)CC2)N=5)NC1=O.CO. The summed E-state index contributed by atoms with van der Waals surface area (Å²) in [6, 6.07) is 17.1. The van der Waals surface area contributed by atoms with Gasteiger partial charge in [-0.1, -0.05) is 81.5 Å². The number of carbonyl (C=O) groups excluding carboxylic acids is 4. The molecule has 5 unspecified atom stereocenters. The highest BCUT2D eigenvalue weighted by atomic mass is 19.1. The summed E-state index contributed by atoms with van der Waals surface area (Å²) in [5, 5.41) is 61.8. The van der Waals surface area contributed by atoms with Gasteiger partial charge in [0, 0.05) is 68.8 Å². The van der Waals surface area contributed by atoms with E-state index in [1.807, 2.05) is 24.8 Å². The molecule has 1 saturated heterocycles. The van der Waals surface area contributed by atoms with E-state index < -0.39 is 82.3 Å². The van der Waals surface area contributed by atoms with Crippen LogP contribution in [0, 0.1) is 36.3 Å². The summed E-state index contributed by atoms with van der Waals surface area (Å²) in [6.07, 6.45) is 8.38. The van der Waals surface area contributed by atoms with E-state index in [9.17, 15) is 44.0 Å². The Bertz CT molecular complexity index is 3440. The van der Waals surface area contributed by atoms with Crippen molar-refractivity contribution in [3.05, 3.63) is 154 Å². The first-order valence-corrected chi connectivity index (χ1v) is 26.7. The fourth-order valence-electron chi connectivity index (χ4n) is 10.6. The van der Waals surface area contributed by atoms with Crippen molar-refractivity contribution in [3.63, 3.8) is 0 Å². The van der Waals surface area contributed by atoms with Gasteiger partial charge in [0.15, 0.2) is 11.4 Å². The van der Waals surface area contributed by atoms with Gasteiger partial charge in [-0.3, -0.25) is 29.2 Å². The predicted molar refractivity (Wildman–Crippen MR) is 298 cm³/mol. The molecule has 5 aliphatic rings. The number of hydrogen-bond acceptors (Lipinski definition) is 14. The van der Waals surface area contributed by atoms with Crippen molar-refractivity contribution in [1.29, 1.82) is 0 Å². The van der Waals surface area contributed by atoms with E-state index in [0.29, 0.717) is 30.5 Å². The van der Waals surface area contributed by atoms with Crippen molar-refractivity contribution < 1.29 is 63.0 Å². The van der Waals surface area contributed by atoms with Crippen molar-refractivity contribution in [2.45, 2.75) is 110 Å². The highest BCUT2D eigenvalue weighted by Gasteiger charge is 2.50. The van der Waals surface area contributed by atoms with Crippen LogP contribution in [0.25, 0.3) is 10.8 Å². The number of fused-ring (bicyclic) bond motifs is 13. The number of piperidine rings is 1. The molecule has 80 heavy (non-hydrogen) atoms. The van der Waals surface area contributed by atoms with E-state index in [2.05, 4.69) is 16.0 Å². The highest BCUT2D eigenvalue weighted by Crippen LogP contribution is 2.50. The molecule has 19 heteroatoms. The first-order chi connectivity index (χ1) is 38.2. The Morgan fingerprint density at radius 1 is 0.900 bits per heavy atom. The third kappa shape index (κ3) is 11.8. The molecule has 5 bridgehead atoms. The van der Waals surface area contributed by atoms with Crippen LogP contribution >= 0.6 is 0 Å². The number of nitrogens with one attached hydrogen (secondary N) is 3. The molecule has 17 nitrogen and oxygen atoms in total. The normalized spacial score (nSPS) is 24.6. The van der Waals surface area contributed by atoms with Gasteiger partial charge in [0.05, 0.1) is 51.7 Å². The summed E-state index contributed by atoms with van der Waals surface area (Å²) in [4.78, 5) is 68.8. The van der Waals surface area contributed by atoms with Gasteiger partial charge in [-0.05, 0) is 86.9 Å². The molecule has 5 aliphatic heterocycles. The second-order valence-corrected chi connectivity index (χ2v) is 21.1. The first kappa shape index (κ1) is 58.2. The van der Waals surface area contributed by atoms with Crippen molar-refractivity contribution in [2.75, 3.05) is 35.7 Å². The van der Waals surface area contributed by atoms with E-state index in [0.717, 1.165) is 13.2 Å². The fraction of sp³-hybridized carbons (Fsp3) is 0.377. The molecule has 3 amide bonds. The Morgan fingerprint density at radius 2 is 1.59 bits per heavy atom. The number of carbonyl (C=O) groups is 4. The molecule has 8 N–H and O–H groups in total. The lowest BCUT2D eigenvalue weighted by Gasteiger charge is -2.37. The number of Topliss-reactive ketones (excluding diaryl/α,β-unsaturated/α-hetero) is 1. The molecule has 5 aromatic rings. The molecule has 1 fully saturated rings. The van der Waals surface area contributed by atoms with Gasteiger partial charge < -0.3 is 55.9 Å². The summed E-state index contributed by atoms with van der Waals surface area (Å²) in [5.74, 6) is -7.86. The number of ketones is 1. The molecule has 5 aromatic carbocycles. The number of anilines is 3. The van der Waals surface area contributed by atoms with Gasteiger partial charge >= 0.3 is 5.79 Å². The number of allylic oxidation sites excluding steroid dienone is 4. The second kappa shape index (κ2) is 24.2. The molecule has 0 aliphatic carbocycles. The number of amides is 3. The average Bonchev–Trinajstić information content (AvgIpc) is 4.05. The van der Waals surface area contributed by atoms with Gasteiger partial charge in [0.25, 0.3) is 17.6 Å². The van der Waals surface area contributed by atoms with Crippen LogP contribution in [-0.4, -0.2) is 98.9 Å². The topological polar surface area (TPSA) is 252 Å². The third-order valence-corrected chi connectivity index (χ3v) is 15.5. The molecular weight excluding hydrogens is 1030 g/mol. The Labute approximate surface area is 462 Å². The Hall–Kier alpha value is -8.00. The third-order valence-electron chi connectivity index (χ3n) is 15.5. The molecule has 10 rings (SSSR count). The Kier molecular flexibility index (Phi) is 17.6. The lowest BCUT2D eigenvalue weighted by molar-refractivity contribution is -0.118. The molecule has 7 atom stereocenters. The number of benzene rings is 5. The number of aliphatic hydroxyl groups excluding tert-OH is 3. The Morgan fingerprint density at radius 3 is 2.30 bits per heavy atom. The zero-order valence-corrected chi connectivity index (χ0v) is 45.7. The predicted octanol–water partition coefficient (Wildman–Crippen LogP) is 7.75. The number of rotatable bonds is 7. The van der Waals surface area contributed by atoms with Crippen molar-refractivity contribution in [3.8, 4) is 17.2 Å². The van der Waals surface area contributed by atoms with E-state index in [-0.39, 0.29) is 105 Å². The van der Waals surface area contributed by atoms with Gasteiger partial charge in [-0.2, -0.15) is 0 Å². The van der Waals surface area contributed by atoms with Gasteiger partial charge in [0.1, 0.15) is 40.2 Å². The number of hydrogen-bond donors (Lipinski definition) is 8. The lowest BCUT2D eigenvalue weighted by atomic mass is 9.85. The molecular formula is C61H68F2N6O11. The number of phenolic OH excluding ortho intramolecular Hbond substituents is 2. The van der Waals surface area contributed by atoms with Crippen LogP contribution in [0.3, 0.4) is 0 Å². The number of phenols is 2. The molecule has 0 radical (unpaired) electrons. The molecule has 0 aromatic heterocycles. The number of nitrogens with zero attached hydrogens (tertiary/aromatic N) is 3. The summed E-state index contributed by atoms with van der Waals surface area (Å²) < 4.78 is 42.2. The zero-order valence-electron chi connectivity index (χ0n) is 45.7. The standard InChI is InChI=1S/C60H64F2N6O10.CH4O/c1-32-14-12-15-34(3)56(74)65-50-49-48(45-46(53(50)72)52(71)36(5)54-47(45)55(73)59(6,78-54)77-29-13-16-33(2)51(70)35(4)44(69)24-21-32)66-60(67-49)25-27-68(28-26-60)43-23-22-38(61)31-41(43)63-58(76)42(30-37-17-8-7-9-18-37)64-57(75)39-19-10-11-20-40(39)62;1-2/h7-15,17-20,22-23,29,31-33,35,42,44,51,69-72H,16,21,24-28,30H2,1-6H3,(H,63,76)(H,64,75)(H,65,74);2H,1H3/b14-12+,29-13+,34-15-;/t32?,33?,35-,42?,44?,51?,59-;/m1./s1. The van der Waals surface area contributed by atoms with Crippen LogP contribution in [0.4, 0.5) is 25.8 Å². The molecule has 5 heterocycles. The maximum Gasteiger partial charge on any atom is 0.312 e. The van der Waals surface area contributed by atoms with E-state index in [1.165, 1.54) is 56.5 Å². The molecule has 1 spiro atoms. The van der Waals surface area contributed by atoms with Crippen molar-refractivity contribution in [2.24, 2.45) is 27.7 Å². The van der Waals surface area contributed by atoms with Crippen LogP contribution in [0.15, 0.2) is 119 Å². The minimum absolute atomic E-state index is 0.00673. The highest BCUT2D eigenvalue weighted by molar-refractivity contribution is 6.19. The molecule has 0 saturated carbocycles. The minimum atomic E-state index is -1.96. The minimum Gasteiger partial charge on any atom is -0.507 e. The monoisotopic (exact) mass is 1100 g/mol. The van der Waals surface area contributed by atoms with E-state index in [1.54, 1.807) is 62.4 Å². The Balaban J connectivity index is 0.00000416. The number of aromatic hydroxyl groups is 2. The van der Waals surface area contributed by atoms with Gasteiger partial charge in [-0.25, -0.2) is 8.78 Å².